The maximum atomic E-state index is 12.4. The summed E-state index contributed by atoms with van der Waals surface area (Å²) >= 11 is 0.321. The maximum Gasteiger partial charge on any atom is 0.407 e. The highest BCUT2D eigenvalue weighted by atomic mass is 32.2. The van der Waals surface area contributed by atoms with Crippen LogP contribution < -0.4 is 10.0 Å². The highest BCUT2D eigenvalue weighted by Crippen LogP contribution is 2.26. The number of amides is 1. The van der Waals surface area contributed by atoms with Gasteiger partial charge in [0.25, 0.3) is 0 Å². The van der Waals surface area contributed by atoms with Crippen LogP contribution in [0, 0.1) is 0 Å². The molecule has 0 aliphatic rings. The summed E-state index contributed by atoms with van der Waals surface area (Å²) in [7, 11) is 0. The molecule has 0 saturated carbocycles. The van der Waals surface area contributed by atoms with Crippen LogP contribution in [0.1, 0.15) is 59.4 Å². The summed E-state index contributed by atoms with van der Waals surface area (Å²) in [5, 5.41) is 4.79. The second kappa shape index (κ2) is 7.88. The summed E-state index contributed by atoms with van der Waals surface area (Å²) < 4.78 is 20.5. The first-order valence-electron chi connectivity index (χ1n) is 7.61. The molecule has 0 fully saturated rings. The molecule has 0 aliphatic heterocycles. The lowest BCUT2D eigenvalue weighted by Gasteiger charge is -2.31. The van der Waals surface area contributed by atoms with Gasteiger partial charge < -0.3 is 14.6 Å². The number of rotatable bonds is 5. The van der Waals surface area contributed by atoms with Gasteiger partial charge in [-0.3, -0.25) is 0 Å². The standard InChI is InChI=1S/C16H28N2O3S2/c1-11(17-14(19)21-15(2,3)4)13(12-9-8-10-22-12)18-23(20)16(5,6)7/h8-11,13,18H,1-7H3,(H,17,19)/t11-,13-,23+/m0/s1. The zero-order valence-electron chi connectivity index (χ0n) is 14.9. The molecule has 1 heterocycles. The Hall–Kier alpha value is -0.760. The lowest BCUT2D eigenvalue weighted by Crippen LogP contribution is -2.49. The highest BCUT2D eigenvalue weighted by molar-refractivity contribution is 7.90. The number of carbonyl (C=O) groups is 1. The van der Waals surface area contributed by atoms with Crippen molar-refractivity contribution in [2.75, 3.05) is 0 Å². The lowest BCUT2D eigenvalue weighted by molar-refractivity contribution is 0.0500. The van der Waals surface area contributed by atoms with E-state index < -0.39 is 23.1 Å². The van der Waals surface area contributed by atoms with Gasteiger partial charge in [-0.25, -0.2) is 4.79 Å². The summed E-state index contributed by atoms with van der Waals surface area (Å²) in [5.41, 5.74) is -0.552. The Morgan fingerprint density at radius 2 is 1.91 bits per heavy atom. The minimum atomic E-state index is -1.24. The number of carbonyl (C=O) groups excluding carboxylic acids is 1. The second-order valence-electron chi connectivity index (χ2n) is 7.43. The molecule has 23 heavy (non-hydrogen) atoms. The number of hydrogen-bond acceptors (Lipinski definition) is 5. The maximum absolute atomic E-state index is 12.4. The zero-order valence-corrected chi connectivity index (χ0v) is 16.6. The SMILES string of the molecule is C[C@H](NC(=O)OC(C)(C)C)[C@H](N[S@+]([O-])C(C)(C)C)c1cccs1. The molecule has 0 bridgehead atoms. The number of thiophene rings is 1. The smallest absolute Gasteiger partial charge is 0.407 e. The summed E-state index contributed by atoms with van der Waals surface area (Å²) in [6.45, 7) is 13.1. The van der Waals surface area contributed by atoms with E-state index in [4.69, 9.17) is 4.74 Å². The molecule has 0 saturated heterocycles. The fourth-order valence-electron chi connectivity index (χ4n) is 1.74. The third-order valence-corrected chi connectivity index (χ3v) is 5.42. The average molecular weight is 361 g/mol. The molecule has 2 N–H and O–H groups in total. The zero-order chi connectivity index (χ0) is 17.8. The van der Waals surface area contributed by atoms with Gasteiger partial charge in [-0.2, -0.15) is 0 Å². The summed E-state index contributed by atoms with van der Waals surface area (Å²) in [6, 6.07) is 3.39. The first-order valence-corrected chi connectivity index (χ1v) is 9.64. The van der Waals surface area contributed by atoms with Gasteiger partial charge in [0, 0.05) is 16.2 Å². The third kappa shape index (κ3) is 7.12. The minimum Gasteiger partial charge on any atom is -0.598 e. The Bertz CT molecular complexity index is 492. The molecular formula is C16H28N2O3S2. The van der Waals surface area contributed by atoms with Crippen LogP contribution in [0.25, 0.3) is 0 Å². The number of ether oxygens (including phenoxy) is 1. The van der Waals surface area contributed by atoms with Crippen molar-refractivity contribution >= 4 is 28.8 Å². The van der Waals surface area contributed by atoms with E-state index >= 15 is 0 Å². The Morgan fingerprint density at radius 3 is 2.35 bits per heavy atom. The van der Waals surface area contributed by atoms with E-state index in [0.717, 1.165) is 4.88 Å². The molecule has 3 atom stereocenters. The van der Waals surface area contributed by atoms with Gasteiger partial charge in [0.1, 0.15) is 16.4 Å². The van der Waals surface area contributed by atoms with E-state index in [2.05, 4.69) is 10.0 Å². The van der Waals surface area contributed by atoms with Gasteiger partial charge >= 0.3 is 6.09 Å². The average Bonchev–Trinajstić information content (AvgIpc) is 2.84. The van der Waals surface area contributed by atoms with Crippen LogP contribution >= 0.6 is 11.3 Å². The van der Waals surface area contributed by atoms with Crippen molar-refractivity contribution < 1.29 is 14.1 Å². The van der Waals surface area contributed by atoms with Crippen LogP contribution in [-0.2, 0) is 16.1 Å². The largest absolute Gasteiger partial charge is 0.598 e. The first kappa shape index (κ1) is 20.3. The van der Waals surface area contributed by atoms with E-state index in [9.17, 15) is 9.35 Å². The Balaban J connectivity index is 2.82. The molecule has 0 aromatic carbocycles. The third-order valence-electron chi connectivity index (χ3n) is 2.88. The molecule has 1 amide bonds. The molecule has 1 aromatic heterocycles. The number of alkyl carbamates (subject to hydrolysis) is 1. The normalized spacial score (nSPS) is 16.5. The Morgan fingerprint density at radius 1 is 1.30 bits per heavy atom. The van der Waals surface area contributed by atoms with Crippen molar-refractivity contribution in [2.24, 2.45) is 0 Å². The van der Waals surface area contributed by atoms with Crippen LogP contribution in [0.2, 0.25) is 0 Å². The van der Waals surface area contributed by atoms with Crippen molar-refractivity contribution in [1.29, 1.82) is 0 Å². The van der Waals surface area contributed by atoms with Crippen molar-refractivity contribution in [1.82, 2.24) is 10.0 Å². The van der Waals surface area contributed by atoms with Gasteiger partial charge in [-0.1, -0.05) is 6.07 Å². The molecule has 0 unspecified atom stereocenters. The van der Waals surface area contributed by atoms with E-state index in [1.807, 2.05) is 66.0 Å². The minimum absolute atomic E-state index is 0.248. The van der Waals surface area contributed by atoms with Crippen LogP contribution in [0.4, 0.5) is 4.79 Å². The summed E-state index contributed by atoms with van der Waals surface area (Å²) in [5.74, 6) is 0. The topological polar surface area (TPSA) is 73.4 Å². The quantitative estimate of drug-likeness (QED) is 0.784. The van der Waals surface area contributed by atoms with E-state index in [-0.39, 0.29) is 16.8 Å². The molecule has 0 aliphatic carbocycles. The summed E-state index contributed by atoms with van der Waals surface area (Å²) in [4.78, 5) is 13.0. The molecule has 0 spiro atoms. The Labute approximate surface area is 146 Å². The van der Waals surface area contributed by atoms with Crippen molar-refractivity contribution in [3.63, 3.8) is 0 Å². The molecule has 7 heteroatoms. The van der Waals surface area contributed by atoms with Gasteiger partial charge in [0.05, 0.1) is 6.04 Å². The van der Waals surface area contributed by atoms with Crippen molar-refractivity contribution in [3.05, 3.63) is 22.4 Å². The van der Waals surface area contributed by atoms with Gasteiger partial charge in [-0.05, 0) is 59.9 Å². The predicted molar refractivity (Wildman–Crippen MR) is 96.9 cm³/mol. The molecule has 132 valence electrons. The van der Waals surface area contributed by atoms with Gasteiger partial charge in [0.15, 0.2) is 0 Å². The molecule has 0 radical (unpaired) electrons. The molecule has 1 aromatic rings. The van der Waals surface area contributed by atoms with Crippen LogP contribution in [0.15, 0.2) is 17.5 Å². The second-order valence-corrected chi connectivity index (χ2v) is 10.4. The fraction of sp³-hybridized carbons (Fsp3) is 0.688. The van der Waals surface area contributed by atoms with Crippen LogP contribution in [-0.4, -0.2) is 27.0 Å². The molecule has 1 rings (SSSR count). The Kier molecular flexibility index (Phi) is 6.95. The van der Waals surface area contributed by atoms with Crippen molar-refractivity contribution in [2.45, 2.75) is 70.9 Å². The molecular weight excluding hydrogens is 332 g/mol. The summed E-state index contributed by atoms with van der Waals surface area (Å²) in [6.07, 6.45) is -0.477. The monoisotopic (exact) mass is 360 g/mol. The van der Waals surface area contributed by atoms with E-state index in [0.29, 0.717) is 0 Å². The van der Waals surface area contributed by atoms with Crippen molar-refractivity contribution in [3.8, 4) is 0 Å². The van der Waals surface area contributed by atoms with Gasteiger partial charge in [-0.15, -0.1) is 16.1 Å². The first-order chi connectivity index (χ1) is 10.4. The van der Waals surface area contributed by atoms with Crippen LogP contribution in [0.5, 0.6) is 0 Å². The van der Waals surface area contributed by atoms with E-state index in [1.165, 1.54) is 0 Å². The predicted octanol–water partition coefficient (Wildman–Crippen LogP) is 3.75. The lowest BCUT2D eigenvalue weighted by atomic mass is 10.1. The fourth-order valence-corrected chi connectivity index (χ4v) is 3.61. The number of nitrogens with one attached hydrogen (secondary N) is 2. The van der Waals surface area contributed by atoms with Crippen LogP contribution in [0.3, 0.4) is 0 Å². The highest BCUT2D eigenvalue weighted by Gasteiger charge is 2.33. The van der Waals surface area contributed by atoms with Gasteiger partial charge in [0.2, 0.25) is 0 Å². The number of hydrogen-bond donors (Lipinski definition) is 2. The van der Waals surface area contributed by atoms with E-state index in [1.54, 1.807) is 11.3 Å². The molecule has 5 nitrogen and oxygen atoms in total.